The molecule has 1 atom stereocenters. The lowest BCUT2D eigenvalue weighted by Gasteiger charge is -2.24. The highest BCUT2D eigenvalue weighted by molar-refractivity contribution is 14.1. The van der Waals surface area contributed by atoms with E-state index >= 15 is 0 Å². The summed E-state index contributed by atoms with van der Waals surface area (Å²) in [5.74, 6) is 1.09. The molecule has 0 bridgehead atoms. The summed E-state index contributed by atoms with van der Waals surface area (Å²) in [6.45, 7) is 1.11. The summed E-state index contributed by atoms with van der Waals surface area (Å²) in [6, 6.07) is 0.596. The summed E-state index contributed by atoms with van der Waals surface area (Å²) in [6.07, 6.45) is 6.01. The summed E-state index contributed by atoms with van der Waals surface area (Å²) in [7, 11) is 0. The highest BCUT2D eigenvalue weighted by atomic mass is 127. The van der Waals surface area contributed by atoms with Crippen molar-refractivity contribution in [2.75, 3.05) is 16.8 Å². The lowest BCUT2D eigenvalue weighted by atomic mass is 10.2. The Bertz CT molecular complexity index is 321. The van der Waals surface area contributed by atoms with Crippen molar-refractivity contribution in [2.45, 2.75) is 18.9 Å². The Hall–Kier alpha value is 0.0900. The molecule has 1 aliphatic heterocycles. The molecule has 2 rings (SSSR count). The van der Waals surface area contributed by atoms with Crippen molar-refractivity contribution in [2.24, 2.45) is 0 Å². The molecule has 0 aliphatic carbocycles. The summed E-state index contributed by atoms with van der Waals surface area (Å²) >= 11 is 5.85. The first kappa shape index (κ1) is 10.6. The minimum Gasteiger partial charge on any atom is -0.352 e. The molecular weight excluding hydrogens is 357 g/mol. The molecule has 1 unspecified atom stereocenters. The van der Waals surface area contributed by atoms with Crippen LogP contribution in [0.4, 0.5) is 5.82 Å². The van der Waals surface area contributed by atoms with Gasteiger partial charge in [0.25, 0.3) is 0 Å². The molecule has 1 aliphatic rings. The SMILES string of the molecule is BrCC1CCCN1c1ncncc1I. The molecule has 0 N–H and O–H groups in total. The van der Waals surface area contributed by atoms with E-state index in [0.717, 1.165) is 21.3 Å². The number of anilines is 1. The molecule has 3 nitrogen and oxygen atoms in total. The molecule has 1 saturated heterocycles. The third kappa shape index (κ3) is 2.03. The van der Waals surface area contributed by atoms with Crippen LogP contribution in [0.5, 0.6) is 0 Å². The van der Waals surface area contributed by atoms with Gasteiger partial charge in [-0.2, -0.15) is 0 Å². The topological polar surface area (TPSA) is 29.0 Å². The highest BCUT2D eigenvalue weighted by Crippen LogP contribution is 2.27. The summed E-state index contributed by atoms with van der Waals surface area (Å²) < 4.78 is 1.14. The maximum absolute atomic E-state index is 4.34. The van der Waals surface area contributed by atoms with Crippen molar-refractivity contribution < 1.29 is 0 Å². The highest BCUT2D eigenvalue weighted by Gasteiger charge is 2.25. The average Bonchev–Trinajstić information content (AvgIpc) is 2.66. The zero-order valence-corrected chi connectivity index (χ0v) is 11.4. The van der Waals surface area contributed by atoms with Crippen LogP contribution in [0.1, 0.15) is 12.8 Å². The number of alkyl halides is 1. The predicted molar refractivity (Wildman–Crippen MR) is 68.9 cm³/mol. The van der Waals surface area contributed by atoms with Gasteiger partial charge in [-0.3, -0.25) is 0 Å². The molecule has 14 heavy (non-hydrogen) atoms. The van der Waals surface area contributed by atoms with Gasteiger partial charge in [0.1, 0.15) is 12.1 Å². The lowest BCUT2D eigenvalue weighted by Crippen LogP contribution is -2.31. The van der Waals surface area contributed by atoms with Crippen LogP contribution in [0.15, 0.2) is 12.5 Å². The van der Waals surface area contributed by atoms with Crippen LogP contribution in [0.25, 0.3) is 0 Å². The summed E-state index contributed by atoms with van der Waals surface area (Å²) in [5, 5.41) is 1.02. The van der Waals surface area contributed by atoms with E-state index in [1.54, 1.807) is 6.33 Å². The summed E-state index contributed by atoms with van der Waals surface area (Å²) in [4.78, 5) is 10.7. The zero-order valence-electron chi connectivity index (χ0n) is 7.66. The number of nitrogens with zero attached hydrogens (tertiary/aromatic N) is 3. The number of aromatic nitrogens is 2. The Labute approximate surface area is 106 Å². The normalized spacial score (nSPS) is 21.6. The van der Waals surface area contributed by atoms with E-state index in [4.69, 9.17) is 0 Å². The first-order chi connectivity index (χ1) is 6.83. The van der Waals surface area contributed by atoms with Crippen molar-refractivity contribution in [3.63, 3.8) is 0 Å². The quantitative estimate of drug-likeness (QED) is 0.594. The smallest absolute Gasteiger partial charge is 0.145 e. The second kappa shape index (κ2) is 4.74. The van der Waals surface area contributed by atoms with Crippen LogP contribution in [-0.4, -0.2) is 27.9 Å². The molecule has 0 radical (unpaired) electrons. The second-order valence-electron chi connectivity index (χ2n) is 3.34. The van der Waals surface area contributed by atoms with Gasteiger partial charge in [0.2, 0.25) is 0 Å². The third-order valence-corrected chi connectivity index (χ3v) is 3.98. The van der Waals surface area contributed by atoms with Gasteiger partial charge in [-0.25, -0.2) is 9.97 Å². The second-order valence-corrected chi connectivity index (χ2v) is 5.15. The molecule has 0 amide bonds. The van der Waals surface area contributed by atoms with Crippen molar-refractivity contribution >= 4 is 44.3 Å². The van der Waals surface area contributed by atoms with E-state index < -0.39 is 0 Å². The monoisotopic (exact) mass is 367 g/mol. The molecule has 0 saturated carbocycles. The number of halogens is 2. The minimum absolute atomic E-state index is 0.596. The van der Waals surface area contributed by atoms with E-state index in [-0.39, 0.29) is 0 Å². The Kier molecular flexibility index (Phi) is 3.59. The minimum atomic E-state index is 0.596. The molecule has 1 aromatic rings. The fourth-order valence-corrected chi connectivity index (χ4v) is 3.08. The van der Waals surface area contributed by atoms with Gasteiger partial charge in [0.15, 0.2) is 0 Å². The molecule has 2 heterocycles. The van der Waals surface area contributed by atoms with E-state index in [1.807, 2.05) is 6.20 Å². The molecular formula is C9H11BrIN3. The zero-order chi connectivity index (χ0) is 9.97. The number of rotatable bonds is 2. The Morgan fingerprint density at radius 3 is 3.21 bits per heavy atom. The van der Waals surface area contributed by atoms with Crippen molar-refractivity contribution in [3.05, 3.63) is 16.1 Å². The van der Waals surface area contributed by atoms with Crippen LogP contribution in [0.2, 0.25) is 0 Å². The molecule has 0 spiro atoms. The van der Waals surface area contributed by atoms with Crippen molar-refractivity contribution in [3.8, 4) is 0 Å². The van der Waals surface area contributed by atoms with Crippen LogP contribution >= 0.6 is 38.5 Å². The Morgan fingerprint density at radius 1 is 1.64 bits per heavy atom. The molecule has 1 fully saturated rings. The van der Waals surface area contributed by atoms with Gasteiger partial charge in [-0.15, -0.1) is 0 Å². The molecule has 5 heteroatoms. The first-order valence-corrected chi connectivity index (χ1v) is 6.81. The standard InChI is InChI=1S/C9H11BrIN3/c10-4-7-2-1-3-14(7)9-8(11)5-12-6-13-9/h5-7H,1-4H2. The molecule has 1 aromatic heterocycles. The predicted octanol–water partition coefficient (Wildman–Crippen LogP) is 2.44. The van der Waals surface area contributed by atoms with Gasteiger partial charge in [-0.05, 0) is 35.4 Å². The Morgan fingerprint density at radius 2 is 2.50 bits per heavy atom. The fraction of sp³-hybridized carbons (Fsp3) is 0.556. The maximum Gasteiger partial charge on any atom is 0.145 e. The Balaban J connectivity index is 2.26. The van der Waals surface area contributed by atoms with E-state index in [1.165, 1.54) is 12.8 Å². The van der Waals surface area contributed by atoms with Gasteiger partial charge in [-0.1, -0.05) is 15.9 Å². The van der Waals surface area contributed by atoms with Gasteiger partial charge in [0.05, 0.1) is 3.57 Å². The third-order valence-electron chi connectivity index (χ3n) is 2.48. The maximum atomic E-state index is 4.34. The number of hydrogen-bond donors (Lipinski definition) is 0. The number of hydrogen-bond acceptors (Lipinski definition) is 3. The lowest BCUT2D eigenvalue weighted by molar-refractivity contribution is 0.738. The molecule has 76 valence electrons. The van der Waals surface area contributed by atoms with Crippen LogP contribution in [0, 0.1) is 3.57 Å². The van der Waals surface area contributed by atoms with Crippen LogP contribution < -0.4 is 4.90 Å². The van der Waals surface area contributed by atoms with E-state index in [0.29, 0.717) is 6.04 Å². The van der Waals surface area contributed by atoms with Gasteiger partial charge in [0, 0.05) is 24.1 Å². The van der Waals surface area contributed by atoms with E-state index in [2.05, 4.69) is 53.4 Å². The average molecular weight is 368 g/mol. The first-order valence-electron chi connectivity index (χ1n) is 4.61. The van der Waals surface area contributed by atoms with Crippen molar-refractivity contribution in [1.82, 2.24) is 9.97 Å². The van der Waals surface area contributed by atoms with Crippen LogP contribution in [0.3, 0.4) is 0 Å². The van der Waals surface area contributed by atoms with Gasteiger partial charge >= 0.3 is 0 Å². The van der Waals surface area contributed by atoms with Gasteiger partial charge < -0.3 is 4.90 Å². The van der Waals surface area contributed by atoms with Crippen molar-refractivity contribution in [1.29, 1.82) is 0 Å². The van der Waals surface area contributed by atoms with E-state index in [9.17, 15) is 0 Å². The largest absolute Gasteiger partial charge is 0.352 e. The van der Waals surface area contributed by atoms with Crippen LogP contribution in [-0.2, 0) is 0 Å². The molecule has 0 aromatic carbocycles. The fourth-order valence-electron chi connectivity index (χ4n) is 1.79. The summed E-state index contributed by atoms with van der Waals surface area (Å²) in [5.41, 5.74) is 0.